The van der Waals surface area contributed by atoms with Crippen LogP contribution in [0.5, 0.6) is 0 Å². The minimum atomic E-state index is -0.179. The summed E-state index contributed by atoms with van der Waals surface area (Å²) in [5.41, 5.74) is 1.34. The van der Waals surface area contributed by atoms with E-state index in [4.69, 9.17) is 34.8 Å². The molecule has 3 aromatic rings. The highest BCUT2D eigenvalue weighted by molar-refractivity contribution is 8.00. The molecule has 0 aliphatic heterocycles. The molecule has 24 heavy (non-hydrogen) atoms. The SMILES string of the molecule is O=C(CSc1ccnc2ccccc12)Nc1cc(Cl)c(Cl)cc1Cl. The van der Waals surface area contributed by atoms with Gasteiger partial charge in [0.1, 0.15) is 0 Å². The van der Waals surface area contributed by atoms with E-state index in [2.05, 4.69) is 10.3 Å². The number of nitrogens with one attached hydrogen (secondary N) is 1. The zero-order valence-corrected chi connectivity index (χ0v) is 15.3. The van der Waals surface area contributed by atoms with Crippen molar-refractivity contribution in [3.05, 3.63) is 63.7 Å². The summed E-state index contributed by atoms with van der Waals surface area (Å²) in [6.45, 7) is 0. The zero-order chi connectivity index (χ0) is 17.1. The Kier molecular flexibility index (Phi) is 5.51. The fourth-order valence-corrected chi connectivity index (χ4v) is 3.58. The van der Waals surface area contributed by atoms with Gasteiger partial charge in [0.15, 0.2) is 0 Å². The van der Waals surface area contributed by atoms with E-state index >= 15 is 0 Å². The maximum absolute atomic E-state index is 12.2. The third-order valence-corrected chi connectivity index (χ3v) is 5.36. The van der Waals surface area contributed by atoms with Crippen LogP contribution in [0.25, 0.3) is 10.9 Å². The van der Waals surface area contributed by atoms with Crippen molar-refractivity contribution in [3.8, 4) is 0 Å². The van der Waals surface area contributed by atoms with Gasteiger partial charge < -0.3 is 5.32 Å². The van der Waals surface area contributed by atoms with Crippen LogP contribution in [0.3, 0.4) is 0 Å². The molecule has 3 nitrogen and oxygen atoms in total. The Morgan fingerprint density at radius 2 is 1.79 bits per heavy atom. The van der Waals surface area contributed by atoms with E-state index in [1.807, 2.05) is 30.3 Å². The maximum atomic E-state index is 12.2. The molecule has 1 aromatic heterocycles. The van der Waals surface area contributed by atoms with Crippen molar-refractivity contribution in [1.29, 1.82) is 0 Å². The second-order valence-electron chi connectivity index (χ2n) is 4.91. The second-order valence-corrected chi connectivity index (χ2v) is 7.15. The number of benzene rings is 2. The van der Waals surface area contributed by atoms with Crippen molar-refractivity contribution in [2.75, 3.05) is 11.1 Å². The fourth-order valence-electron chi connectivity index (χ4n) is 2.14. The van der Waals surface area contributed by atoms with E-state index in [9.17, 15) is 4.79 Å². The number of amides is 1. The predicted molar refractivity (Wildman–Crippen MR) is 103 cm³/mol. The monoisotopic (exact) mass is 396 g/mol. The molecule has 0 saturated heterocycles. The molecule has 0 aliphatic carbocycles. The molecule has 1 amide bonds. The van der Waals surface area contributed by atoms with Gasteiger partial charge in [-0.25, -0.2) is 0 Å². The molecule has 0 spiro atoms. The highest BCUT2D eigenvalue weighted by atomic mass is 35.5. The molecule has 122 valence electrons. The van der Waals surface area contributed by atoms with Crippen molar-refractivity contribution in [2.45, 2.75) is 4.90 Å². The normalized spacial score (nSPS) is 10.8. The van der Waals surface area contributed by atoms with E-state index in [-0.39, 0.29) is 11.7 Å². The van der Waals surface area contributed by atoms with E-state index in [1.54, 1.807) is 6.20 Å². The maximum Gasteiger partial charge on any atom is 0.234 e. The number of rotatable bonds is 4. The highest BCUT2D eigenvalue weighted by Crippen LogP contribution is 2.32. The van der Waals surface area contributed by atoms with Gasteiger partial charge in [-0.3, -0.25) is 9.78 Å². The highest BCUT2D eigenvalue weighted by Gasteiger charge is 2.11. The first-order valence-corrected chi connectivity index (χ1v) is 9.07. The number of thioether (sulfide) groups is 1. The van der Waals surface area contributed by atoms with Crippen LogP contribution < -0.4 is 5.32 Å². The lowest BCUT2D eigenvalue weighted by atomic mass is 10.2. The summed E-state index contributed by atoms with van der Waals surface area (Å²) in [7, 11) is 0. The van der Waals surface area contributed by atoms with Crippen molar-refractivity contribution < 1.29 is 4.79 Å². The summed E-state index contributed by atoms with van der Waals surface area (Å²) in [6, 6.07) is 12.7. The predicted octanol–water partition coefficient (Wildman–Crippen LogP) is 5.93. The number of carbonyl (C=O) groups excluding carboxylic acids is 1. The van der Waals surface area contributed by atoms with Gasteiger partial charge in [0.25, 0.3) is 0 Å². The lowest BCUT2D eigenvalue weighted by molar-refractivity contribution is -0.113. The number of fused-ring (bicyclic) bond motifs is 1. The van der Waals surface area contributed by atoms with Crippen LogP contribution in [-0.2, 0) is 4.79 Å². The minimum absolute atomic E-state index is 0.179. The van der Waals surface area contributed by atoms with Gasteiger partial charge in [0.05, 0.1) is 32.0 Å². The quantitative estimate of drug-likeness (QED) is 0.438. The van der Waals surface area contributed by atoms with Crippen molar-refractivity contribution >= 4 is 69.1 Å². The van der Waals surface area contributed by atoms with Crippen LogP contribution in [0.2, 0.25) is 15.1 Å². The number of para-hydroxylation sites is 1. The van der Waals surface area contributed by atoms with Gasteiger partial charge >= 0.3 is 0 Å². The van der Waals surface area contributed by atoms with Gasteiger partial charge in [-0.2, -0.15) is 0 Å². The number of hydrogen-bond donors (Lipinski definition) is 1. The number of anilines is 1. The first-order chi connectivity index (χ1) is 11.5. The van der Waals surface area contributed by atoms with Crippen molar-refractivity contribution in [3.63, 3.8) is 0 Å². The Bertz CT molecular complexity index is 912. The number of halogens is 3. The number of hydrogen-bond acceptors (Lipinski definition) is 3. The third kappa shape index (κ3) is 3.95. The van der Waals surface area contributed by atoms with Crippen LogP contribution in [-0.4, -0.2) is 16.6 Å². The molecule has 3 rings (SSSR count). The molecule has 2 aromatic carbocycles. The Morgan fingerprint density at radius 1 is 1.04 bits per heavy atom. The Labute approximate surface area is 158 Å². The van der Waals surface area contributed by atoms with Crippen LogP contribution in [0.15, 0.2) is 53.6 Å². The lowest BCUT2D eigenvalue weighted by Gasteiger charge is -2.09. The Balaban J connectivity index is 1.71. The molecule has 0 bridgehead atoms. The molecule has 0 atom stereocenters. The Hall–Kier alpha value is -1.46. The molecule has 0 unspecified atom stereocenters. The van der Waals surface area contributed by atoms with Crippen LogP contribution in [0, 0.1) is 0 Å². The van der Waals surface area contributed by atoms with Crippen LogP contribution in [0.1, 0.15) is 0 Å². The molecular formula is C17H11Cl3N2OS. The first kappa shape index (κ1) is 17.4. The lowest BCUT2D eigenvalue weighted by Crippen LogP contribution is -2.14. The fraction of sp³-hybridized carbons (Fsp3) is 0.0588. The number of nitrogens with zero attached hydrogens (tertiary/aromatic N) is 1. The van der Waals surface area contributed by atoms with Gasteiger partial charge in [-0.1, -0.05) is 53.0 Å². The molecule has 0 fully saturated rings. The largest absolute Gasteiger partial charge is 0.324 e. The van der Waals surface area contributed by atoms with Crippen LogP contribution >= 0.6 is 46.6 Å². The summed E-state index contributed by atoms with van der Waals surface area (Å²) in [4.78, 5) is 17.5. The molecule has 7 heteroatoms. The molecule has 0 aliphatic rings. The molecule has 0 radical (unpaired) electrons. The van der Waals surface area contributed by atoms with Crippen molar-refractivity contribution in [2.24, 2.45) is 0 Å². The molecular weight excluding hydrogens is 387 g/mol. The third-order valence-electron chi connectivity index (χ3n) is 3.25. The second kappa shape index (κ2) is 7.62. The minimum Gasteiger partial charge on any atom is -0.324 e. The average molecular weight is 398 g/mol. The van der Waals surface area contributed by atoms with E-state index in [0.717, 1.165) is 15.8 Å². The molecule has 0 saturated carbocycles. The topological polar surface area (TPSA) is 42.0 Å². The van der Waals surface area contributed by atoms with Gasteiger partial charge in [0.2, 0.25) is 5.91 Å². The number of carbonyl (C=O) groups is 1. The van der Waals surface area contributed by atoms with E-state index < -0.39 is 0 Å². The van der Waals surface area contributed by atoms with E-state index in [1.165, 1.54) is 23.9 Å². The Morgan fingerprint density at radius 3 is 2.62 bits per heavy atom. The van der Waals surface area contributed by atoms with Crippen LogP contribution in [0.4, 0.5) is 5.69 Å². The average Bonchev–Trinajstić information content (AvgIpc) is 2.58. The smallest absolute Gasteiger partial charge is 0.234 e. The molecule has 1 heterocycles. The standard InChI is InChI=1S/C17H11Cl3N2OS/c18-11-7-13(20)15(8-12(11)19)22-17(23)9-24-16-5-6-21-14-4-2-1-3-10(14)16/h1-8H,9H2,(H,22,23). The first-order valence-electron chi connectivity index (χ1n) is 6.95. The summed E-state index contributed by atoms with van der Waals surface area (Å²) in [5.74, 6) is 0.0612. The summed E-state index contributed by atoms with van der Waals surface area (Å²) < 4.78 is 0. The number of pyridine rings is 1. The summed E-state index contributed by atoms with van der Waals surface area (Å²) >= 11 is 19.3. The molecule has 1 N–H and O–H groups in total. The summed E-state index contributed by atoms with van der Waals surface area (Å²) in [6.07, 6.45) is 1.73. The zero-order valence-electron chi connectivity index (χ0n) is 12.2. The van der Waals surface area contributed by atoms with Gasteiger partial charge in [0, 0.05) is 16.5 Å². The van der Waals surface area contributed by atoms with E-state index in [0.29, 0.717) is 20.8 Å². The van der Waals surface area contributed by atoms with Gasteiger partial charge in [-0.05, 0) is 24.3 Å². The van der Waals surface area contributed by atoms with Crippen molar-refractivity contribution in [1.82, 2.24) is 4.98 Å². The number of aromatic nitrogens is 1. The van der Waals surface area contributed by atoms with Gasteiger partial charge in [-0.15, -0.1) is 11.8 Å². The summed E-state index contributed by atoms with van der Waals surface area (Å²) in [5, 5.41) is 4.79.